The highest BCUT2D eigenvalue weighted by Crippen LogP contribution is 2.35. The average molecular weight is 549 g/mol. The highest BCUT2D eigenvalue weighted by Gasteiger charge is 2.12. The van der Waals surface area contributed by atoms with Crippen LogP contribution in [0, 0.1) is 0 Å². The van der Waals surface area contributed by atoms with Gasteiger partial charge >= 0.3 is 13.8 Å². The first-order valence-corrected chi connectivity index (χ1v) is 17.4. The lowest BCUT2D eigenvalue weighted by molar-refractivity contribution is -0.137. The van der Waals surface area contributed by atoms with E-state index in [9.17, 15) is 9.36 Å². The maximum absolute atomic E-state index is 10.6. The summed E-state index contributed by atoms with van der Waals surface area (Å²) < 4.78 is 15.0. The minimum atomic E-state index is -4.28. The Labute approximate surface area is 229 Å². The van der Waals surface area contributed by atoms with Gasteiger partial charge < -0.3 is 14.9 Å². The molecule has 0 saturated carbocycles. The fraction of sp³-hybridized carbons (Fsp3) is 0.967. The van der Waals surface area contributed by atoms with Crippen molar-refractivity contribution in [1.82, 2.24) is 0 Å². The van der Waals surface area contributed by atoms with E-state index in [1.54, 1.807) is 0 Å². The van der Waals surface area contributed by atoms with Gasteiger partial charge in [0.2, 0.25) is 0 Å². The second-order valence-corrected chi connectivity index (χ2v) is 12.3. The van der Waals surface area contributed by atoms with E-state index in [0.717, 1.165) is 32.1 Å². The summed E-state index contributed by atoms with van der Waals surface area (Å²) in [6, 6.07) is 0. The Morgan fingerprint density at radius 3 is 0.865 bits per heavy atom. The molecule has 37 heavy (non-hydrogen) atoms. The molecule has 7 heteroatoms. The molecule has 0 fully saturated rings. The molecule has 0 radical (unpaired) electrons. The van der Waals surface area contributed by atoms with E-state index >= 15 is 0 Å². The van der Waals surface area contributed by atoms with Gasteiger partial charge in [-0.05, 0) is 12.8 Å². The van der Waals surface area contributed by atoms with E-state index in [1.165, 1.54) is 141 Å². The Kier molecular flexibility index (Phi) is 28.3. The Morgan fingerprint density at radius 2 is 0.649 bits per heavy atom. The van der Waals surface area contributed by atoms with E-state index in [4.69, 9.17) is 14.9 Å². The van der Waals surface area contributed by atoms with Gasteiger partial charge in [0.15, 0.2) is 0 Å². The highest BCUT2D eigenvalue weighted by atomic mass is 31.2. The molecule has 0 rings (SSSR count). The zero-order chi connectivity index (χ0) is 27.3. The SMILES string of the molecule is O=C(O)CCCCCCCCCCCCCCCCCCCCCCCCCCCCCOP(=O)(O)O. The molecule has 0 aliphatic rings. The molecular weight excluding hydrogens is 487 g/mol. The number of phosphoric acid groups is 1. The van der Waals surface area contributed by atoms with Crippen molar-refractivity contribution in [3.05, 3.63) is 0 Å². The monoisotopic (exact) mass is 548 g/mol. The van der Waals surface area contributed by atoms with Crippen LogP contribution in [0.3, 0.4) is 0 Å². The quantitative estimate of drug-likeness (QED) is 0.0588. The summed E-state index contributed by atoms with van der Waals surface area (Å²) in [5.41, 5.74) is 0. The lowest BCUT2D eigenvalue weighted by atomic mass is 10.0. The summed E-state index contributed by atoms with van der Waals surface area (Å²) in [4.78, 5) is 27.7. The van der Waals surface area contributed by atoms with E-state index < -0.39 is 13.8 Å². The first kappa shape index (κ1) is 36.6. The van der Waals surface area contributed by atoms with Gasteiger partial charge in [-0.3, -0.25) is 9.32 Å². The third-order valence-electron chi connectivity index (χ3n) is 7.29. The molecule has 6 nitrogen and oxygen atoms in total. The van der Waals surface area contributed by atoms with Crippen molar-refractivity contribution in [2.45, 2.75) is 180 Å². The second kappa shape index (κ2) is 28.6. The van der Waals surface area contributed by atoms with Crippen LogP contribution in [-0.2, 0) is 13.9 Å². The van der Waals surface area contributed by atoms with Crippen LogP contribution in [0.25, 0.3) is 0 Å². The van der Waals surface area contributed by atoms with Crippen LogP contribution in [0.1, 0.15) is 180 Å². The fourth-order valence-electron chi connectivity index (χ4n) is 4.98. The van der Waals surface area contributed by atoms with Gasteiger partial charge in [-0.1, -0.05) is 161 Å². The zero-order valence-electron chi connectivity index (χ0n) is 24.0. The molecule has 0 aromatic heterocycles. The fourth-order valence-corrected chi connectivity index (χ4v) is 5.35. The van der Waals surface area contributed by atoms with Crippen LogP contribution in [-0.4, -0.2) is 27.5 Å². The van der Waals surface area contributed by atoms with Crippen molar-refractivity contribution in [1.29, 1.82) is 0 Å². The average Bonchev–Trinajstić information content (AvgIpc) is 2.84. The predicted molar refractivity (Wildman–Crippen MR) is 155 cm³/mol. The molecular formula is C30H61O6P. The van der Waals surface area contributed by atoms with Crippen molar-refractivity contribution in [3.63, 3.8) is 0 Å². The Bertz CT molecular complexity index is 522. The number of hydrogen-bond acceptors (Lipinski definition) is 3. The van der Waals surface area contributed by atoms with Crippen LogP contribution in [0.5, 0.6) is 0 Å². The van der Waals surface area contributed by atoms with E-state index in [-0.39, 0.29) is 6.61 Å². The van der Waals surface area contributed by atoms with Crippen molar-refractivity contribution in [2.24, 2.45) is 0 Å². The van der Waals surface area contributed by atoms with Gasteiger partial charge in [-0.25, -0.2) is 4.57 Å². The number of aliphatic carboxylic acids is 1. The van der Waals surface area contributed by atoms with Gasteiger partial charge in [0, 0.05) is 6.42 Å². The van der Waals surface area contributed by atoms with Crippen molar-refractivity contribution in [2.75, 3.05) is 6.61 Å². The Hall–Kier alpha value is -0.420. The topological polar surface area (TPSA) is 104 Å². The minimum Gasteiger partial charge on any atom is -0.481 e. The summed E-state index contributed by atoms with van der Waals surface area (Å²) >= 11 is 0. The molecule has 0 saturated heterocycles. The molecule has 3 N–H and O–H groups in total. The number of unbranched alkanes of at least 4 members (excludes halogenated alkanes) is 26. The lowest BCUT2D eigenvalue weighted by Gasteiger charge is -2.05. The molecule has 0 aromatic rings. The molecule has 0 aromatic carbocycles. The third-order valence-corrected chi connectivity index (χ3v) is 7.81. The first-order chi connectivity index (χ1) is 17.9. The largest absolute Gasteiger partial charge is 0.481 e. The maximum atomic E-state index is 10.6. The van der Waals surface area contributed by atoms with Crippen molar-refractivity contribution >= 4 is 13.8 Å². The molecule has 0 atom stereocenters. The van der Waals surface area contributed by atoms with Gasteiger partial charge in [-0.2, -0.15) is 0 Å². The Balaban J connectivity index is 3.05. The van der Waals surface area contributed by atoms with Crippen LogP contribution in [0.4, 0.5) is 0 Å². The number of rotatable bonds is 31. The predicted octanol–water partition coefficient (Wildman–Crippen LogP) is 10.1. The summed E-state index contributed by atoms with van der Waals surface area (Å²) in [6.45, 7) is 0.160. The van der Waals surface area contributed by atoms with Crippen LogP contribution >= 0.6 is 7.82 Å². The van der Waals surface area contributed by atoms with Crippen LogP contribution in [0.2, 0.25) is 0 Å². The normalized spacial score (nSPS) is 11.8. The number of carboxylic acids is 1. The van der Waals surface area contributed by atoms with E-state index in [0.29, 0.717) is 6.42 Å². The van der Waals surface area contributed by atoms with Crippen LogP contribution in [0.15, 0.2) is 0 Å². The summed E-state index contributed by atoms with van der Waals surface area (Å²) in [7, 11) is -4.28. The molecule has 0 heterocycles. The van der Waals surface area contributed by atoms with E-state index in [1.807, 2.05) is 0 Å². The Morgan fingerprint density at radius 1 is 0.432 bits per heavy atom. The van der Waals surface area contributed by atoms with Gasteiger partial charge in [-0.15, -0.1) is 0 Å². The molecule has 0 bridgehead atoms. The van der Waals surface area contributed by atoms with Crippen molar-refractivity contribution < 1.29 is 28.8 Å². The molecule has 0 aliphatic carbocycles. The molecule has 222 valence electrons. The standard InChI is InChI=1S/C30H61O6P/c31-30(32)28-26-24-22-20-18-16-14-12-10-8-6-4-2-1-3-5-7-9-11-13-15-17-19-21-23-25-27-29-36-37(33,34)35/h1-29H2,(H,31,32)(H2,33,34,35). The molecule has 0 amide bonds. The molecule has 0 aliphatic heterocycles. The number of carbonyl (C=O) groups is 1. The minimum absolute atomic E-state index is 0.160. The first-order valence-electron chi connectivity index (χ1n) is 15.8. The smallest absolute Gasteiger partial charge is 0.469 e. The summed E-state index contributed by atoms with van der Waals surface area (Å²) in [5.74, 6) is -0.662. The number of phosphoric ester groups is 1. The summed E-state index contributed by atoms with van der Waals surface area (Å²) in [6.07, 6.45) is 35.0. The van der Waals surface area contributed by atoms with Gasteiger partial charge in [0.05, 0.1) is 6.61 Å². The van der Waals surface area contributed by atoms with Gasteiger partial charge in [0.1, 0.15) is 0 Å². The summed E-state index contributed by atoms with van der Waals surface area (Å²) in [5, 5.41) is 8.61. The van der Waals surface area contributed by atoms with Gasteiger partial charge in [0.25, 0.3) is 0 Å². The number of carboxylic acid groups (broad SMARTS) is 1. The molecule has 0 spiro atoms. The van der Waals surface area contributed by atoms with Crippen molar-refractivity contribution in [3.8, 4) is 0 Å². The number of hydrogen-bond donors (Lipinski definition) is 3. The lowest BCUT2D eigenvalue weighted by Crippen LogP contribution is -1.93. The zero-order valence-corrected chi connectivity index (χ0v) is 24.9. The molecule has 0 unspecified atom stereocenters. The van der Waals surface area contributed by atoms with Crippen LogP contribution < -0.4 is 0 Å². The maximum Gasteiger partial charge on any atom is 0.469 e. The van der Waals surface area contributed by atoms with E-state index in [2.05, 4.69) is 4.52 Å². The third kappa shape index (κ3) is 35.6. The highest BCUT2D eigenvalue weighted by molar-refractivity contribution is 7.46. The second-order valence-electron chi connectivity index (χ2n) is 11.0.